The number of hydrogen-bond acceptors (Lipinski definition) is 6. The fourth-order valence-corrected chi connectivity index (χ4v) is 4.87. The smallest absolute Gasteiger partial charge is 0.271 e. The summed E-state index contributed by atoms with van der Waals surface area (Å²) in [6.45, 7) is 6.20. The number of non-ortho nitro benzene ring substituents is 1. The van der Waals surface area contributed by atoms with Crippen LogP contribution in [-0.4, -0.2) is 14.9 Å². The lowest BCUT2D eigenvalue weighted by atomic mass is 9.90. The first-order valence-electron chi connectivity index (χ1n) is 9.94. The predicted octanol–water partition coefficient (Wildman–Crippen LogP) is 6.18. The number of hydrogen-bond donors (Lipinski definition) is 2. The summed E-state index contributed by atoms with van der Waals surface area (Å²) < 4.78 is 0. The molecule has 0 spiro atoms. The average molecular weight is 469 g/mol. The Balaban J connectivity index is 1.70. The molecule has 32 heavy (non-hydrogen) atoms. The van der Waals surface area contributed by atoms with Gasteiger partial charge in [-0.3, -0.25) is 14.9 Å². The van der Waals surface area contributed by atoms with Crippen molar-refractivity contribution >= 4 is 50.3 Å². The van der Waals surface area contributed by atoms with Crippen molar-refractivity contribution < 1.29 is 4.92 Å². The number of anilines is 2. The lowest BCUT2D eigenvalue weighted by Gasteiger charge is -2.17. The number of nitro benzene ring substituents is 1. The summed E-state index contributed by atoms with van der Waals surface area (Å²) in [4.78, 5) is 31.8. The van der Waals surface area contributed by atoms with Crippen LogP contribution in [0.5, 0.6) is 0 Å². The second-order valence-corrected chi connectivity index (χ2v) is 9.97. The predicted molar refractivity (Wildman–Crippen MR) is 130 cm³/mol. The molecule has 0 bridgehead atoms. The van der Waals surface area contributed by atoms with E-state index in [9.17, 15) is 14.9 Å². The van der Waals surface area contributed by atoms with Crippen molar-refractivity contribution in [3.8, 4) is 0 Å². The van der Waals surface area contributed by atoms with Gasteiger partial charge in [0.1, 0.15) is 0 Å². The van der Waals surface area contributed by atoms with Crippen molar-refractivity contribution in [2.45, 2.75) is 32.6 Å². The zero-order chi connectivity index (χ0) is 23.0. The van der Waals surface area contributed by atoms with Gasteiger partial charge in [0.25, 0.3) is 11.2 Å². The van der Waals surface area contributed by atoms with Crippen LogP contribution in [0.3, 0.4) is 0 Å². The Morgan fingerprint density at radius 1 is 1.19 bits per heavy atom. The van der Waals surface area contributed by atoms with Gasteiger partial charge in [0.15, 0.2) is 5.13 Å². The molecular weight excluding hydrogens is 448 g/mol. The molecule has 0 unspecified atom stereocenters. The molecule has 4 rings (SSSR count). The highest BCUT2D eigenvalue weighted by atomic mass is 35.5. The third-order valence-electron chi connectivity index (χ3n) is 4.99. The fraction of sp³-hybridized carbons (Fsp3) is 0.217. The SMILES string of the molecule is CC(C)(C)c1nc(Nc2ccc([N+](=O)[O-])cc2Cl)sc1Cc1cc2ccccc2[nH]c1=O. The molecule has 0 saturated carbocycles. The quantitative estimate of drug-likeness (QED) is 0.269. The highest BCUT2D eigenvalue weighted by molar-refractivity contribution is 7.15. The average Bonchev–Trinajstić information content (AvgIpc) is 3.13. The van der Waals surface area contributed by atoms with Crippen molar-refractivity contribution in [1.29, 1.82) is 0 Å². The summed E-state index contributed by atoms with van der Waals surface area (Å²) in [6, 6.07) is 13.8. The van der Waals surface area contributed by atoms with Crippen LogP contribution in [0.2, 0.25) is 5.02 Å². The van der Waals surface area contributed by atoms with Crippen molar-refractivity contribution in [3.05, 3.63) is 90.2 Å². The minimum Gasteiger partial charge on any atom is -0.330 e. The van der Waals surface area contributed by atoms with Crippen LogP contribution in [0.1, 0.15) is 36.9 Å². The van der Waals surface area contributed by atoms with E-state index >= 15 is 0 Å². The number of halogens is 1. The molecule has 9 heteroatoms. The highest BCUT2D eigenvalue weighted by Crippen LogP contribution is 2.36. The second-order valence-electron chi connectivity index (χ2n) is 8.47. The van der Waals surface area contributed by atoms with Gasteiger partial charge in [-0.2, -0.15) is 0 Å². The largest absolute Gasteiger partial charge is 0.330 e. The minimum atomic E-state index is -0.490. The van der Waals surface area contributed by atoms with Crippen LogP contribution >= 0.6 is 22.9 Å². The van der Waals surface area contributed by atoms with Crippen LogP contribution in [0.4, 0.5) is 16.5 Å². The lowest BCUT2D eigenvalue weighted by molar-refractivity contribution is -0.384. The number of nitrogens with zero attached hydrogens (tertiary/aromatic N) is 2. The van der Waals surface area contributed by atoms with Crippen LogP contribution < -0.4 is 10.9 Å². The van der Waals surface area contributed by atoms with E-state index in [0.29, 0.717) is 22.8 Å². The Labute approximate surface area is 193 Å². The summed E-state index contributed by atoms with van der Waals surface area (Å²) in [7, 11) is 0. The molecule has 0 fully saturated rings. The number of para-hydroxylation sites is 1. The highest BCUT2D eigenvalue weighted by Gasteiger charge is 2.24. The van der Waals surface area contributed by atoms with Gasteiger partial charge in [-0.25, -0.2) is 4.98 Å². The summed E-state index contributed by atoms with van der Waals surface area (Å²) >= 11 is 7.67. The summed E-state index contributed by atoms with van der Waals surface area (Å²) in [6.07, 6.45) is 0.445. The maximum Gasteiger partial charge on any atom is 0.271 e. The van der Waals surface area contributed by atoms with Crippen LogP contribution in [-0.2, 0) is 11.8 Å². The molecule has 0 aliphatic carbocycles. The Bertz CT molecular complexity index is 1390. The van der Waals surface area contributed by atoms with E-state index < -0.39 is 4.92 Å². The zero-order valence-corrected chi connectivity index (χ0v) is 19.3. The topological polar surface area (TPSA) is 101 Å². The van der Waals surface area contributed by atoms with Crippen molar-refractivity contribution in [3.63, 3.8) is 0 Å². The van der Waals surface area contributed by atoms with E-state index in [0.717, 1.165) is 21.5 Å². The van der Waals surface area contributed by atoms with Crippen LogP contribution in [0.15, 0.2) is 53.3 Å². The van der Waals surface area contributed by atoms with Gasteiger partial charge in [0, 0.05) is 39.9 Å². The first-order chi connectivity index (χ1) is 15.1. The number of nitro groups is 1. The van der Waals surface area contributed by atoms with E-state index in [-0.39, 0.29) is 21.7 Å². The number of thiazole rings is 1. The van der Waals surface area contributed by atoms with Crippen LogP contribution in [0, 0.1) is 10.1 Å². The first-order valence-corrected chi connectivity index (χ1v) is 11.1. The van der Waals surface area contributed by atoms with E-state index in [4.69, 9.17) is 16.6 Å². The van der Waals surface area contributed by atoms with Gasteiger partial charge in [0.2, 0.25) is 0 Å². The Morgan fingerprint density at radius 2 is 1.94 bits per heavy atom. The first kappa shape index (κ1) is 22.0. The zero-order valence-electron chi connectivity index (χ0n) is 17.7. The molecular formula is C23H21ClN4O3S. The number of rotatable bonds is 5. The summed E-state index contributed by atoms with van der Waals surface area (Å²) in [5.74, 6) is 0. The number of aromatic amines is 1. The number of aromatic nitrogens is 2. The molecule has 0 radical (unpaired) electrons. The number of pyridine rings is 1. The molecule has 164 valence electrons. The van der Waals surface area contributed by atoms with E-state index in [1.54, 1.807) is 6.07 Å². The van der Waals surface area contributed by atoms with Crippen molar-refractivity contribution in [1.82, 2.24) is 9.97 Å². The summed E-state index contributed by atoms with van der Waals surface area (Å²) in [5.41, 5.74) is 2.44. The Morgan fingerprint density at radius 3 is 2.62 bits per heavy atom. The maximum absolute atomic E-state index is 12.7. The standard InChI is InChI=1S/C23H21ClN4O3S/c1-23(2,3)20-19(11-14-10-13-6-4-5-7-17(13)25-21(14)29)32-22(27-20)26-18-9-8-15(28(30)31)12-16(18)24/h4-10,12H,11H2,1-3H3,(H,25,29)(H,26,27). The number of benzene rings is 2. The molecule has 2 aromatic carbocycles. The van der Waals surface area contributed by atoms with Gasteiger partial charge in [-0.1, -0.05) is 50.6 Å². The molecule has 2 aromatic heterocycles. The molecule has 2 N–H and O–H groups in total. The normalized spacial score (nSPS) is 11.6. The second kappa shape index (κ2) is 8.37. The molecule has 0 amide bonds. The number of fused-ring (bicyclic) bond motifs is 1. The molecule has 7 nitrogen and oxygen atoms in total. The van der Waals surface area contributed by atoms with Crippen LogP contribution in [0.25, 0.3) is 10.9 Å². The third kappa shape index (κ3) is 4.51. The monoisotopic (exact) mass is 468 g/mol. The minimum absolute atomic E-state index is 0.0775. The van der Waals surface area contributed by atoms with Crippen molar-refractivity contribution in [2.75, 3.05) is 5.32 Å². The molecule has 0 aliphatic heterocycles. The van der Waals surface area contributed by atoms with Gasteiger partial charge in [-0.05, 0) is 23.6 Å². The fourth-order valence-electron chi connectivity index (χ4n) is 3.44. The Hall–Kier alpha value is -3.23. The van der Waals surface area contributed by atoms with E-state index in [1.807, 2.05) is 30.3 Å². The molecule has 2 heterocycles. The third-order valence-corrected chi connectivity index (χ3v) is 6.28. The van der Waals surface area contributed by atoms with Gasteiger partial charge in [0.05, 0.1) is 21.3 Å². The van der Waals surface area contributed by atoms with Gasteiger partial charge < -0.3 is 10.3 Å². The summed E-state index contributed by atoms with van der Waals surface area (Å²) in [5, 5.41) is 15.9. The van der Waals surface area contributed by atoms with E-state index in [1.165, 1.54) is 23.5 Å². The molecule has 4 aromatic rings. The van der Waals surface area contributed by atoms with Gasteiger partial charge >= 0.3 is 0 Å². The molecule has 0 aliphatic rings. The van der Waals surface area contributed by atoms with Crippen molar-refractivity contribution in [2.24, 2.45) is 0 Å². The lowest BCUT2D eigenvalue weighted by Crippen LogP contribution is -2.17. The number of nitrogens with one attached hydrogen (secondary N) is 2. The molecule has 0 atom stereocenters. The van der Waals surface area contributed by atoms with Gasteiger partial charge in [-0.15, -0.1) is 11.3 Å². The Kier molecular flexibility index (Phi) is 5.75. The van der Waals surface area contributed by atoms with E-state index in [2.05, 4.69) is 31.1 Å². The molecule has 0 saturated heterocycles. The maximum atomic E-state index is 12.7. The number of H-pyrrole nitrogens is 1.